The zero-order chi connectivity index (χ0) is 19.2. The van der Waals surface area contributed by atoms with Crippen molar-refractivity contribution in [1.29, 1.82) is 0 Å². The summed E-state index contributed by atoms with van der Waals surface area (Å²) in [5.41, 5.74) is 1.41. The smallest absolute Gasteiger partial charge is 0.144 e. The number of benzene rings is 2. The maximum atomic E-state index is 9.59. The van der Waals surface area contributed by atoms with Crippen LogP contribution in [-0.4, -0.2) is 18.4 Å². The molecule has 28 heavy (non-hydrogen) atoms. The van der Waals surface area contributed by atoms with Crippen molar-refractivity contribution in [2.45, 2.75) is 0 Å². The molecule has 4 rings (SSSR count). The summed E-state index contributed by atoms with van der Waals surface area (Å²) in [6.07, 6.45) is 21.6. The SMILES string of the molecule is COc1ccccc1N=Cc1ccccc1O.[CH]1[CH][CH][CH][CH]1.[CH]1[CH][CH][CH][CH]1.[Sm]. The standard InChI is InChI=1S/C14H13NO2.2C5H5.Sm/c1-17-14-9-5-3-7-12(14)15-10-11-6-2-4-8-13(11)16;2*1-2-4-5-3-1;/h2-10,16H,1H3;2*1-5H;. The fourth-order valence-electron chi connectivity index (χ4n) is 2.11. The van der Waals surface area contributed by atoms with E-state index < -0.39 is 0 Å². The van der Waals surface area contributed by atoms with E-state index in [1.807, 2.05) is 94.5 Å². The van der Waals surface area contributed by atoms with Crippen molar-refractivity contribution < 1.29 is 50.2 Å². The Kier molecular flexibility index (Phi) is 14.3. The predicted molar refractivity (Wildman–Crippen MR) is 111 cm³/mol. The van der Waals surface area contributed by atoms with Crippen LogP contribution in [0.15, 0.2) is 53.5 Å². The zero-order valence-electron chi connectivity index (χ0n) is 15.7. The van der Waals surface area contributed by atoms with E-state index in [2.05, 4.69) is 4.99 Å². The fraction of sp³-hybridized carbons (Fsp3) is 0.0417. The summed E-state index contributed by atoms with van der Waals surface area (Å²) in [5.74, 6) is 0.922. The molecule has 1 N–H and O–H groups in total. The molecule has 2 fully saturated rings. The zero-order valence-corrected chi connectivity index (χ0v) is 18.3. The van der Waals surface area contributed by atoms with Crippen LogP contribution in [0.3, 0.4) is 0 Å². The Hall–Kier alpha value is -0.952. The predicted octanol–water partition coefficient (Wildman–Crippen LogP) is 5.19. The van der Waals surface area contributed by atoms with E-state index in [4.69, 9.17) is 4.74 Å². The van der Waals surface area contributed by atoms with Crippen molar-refractivity contribution in [2.75, 3.05) is 7.11 Å². The first kappa shape index (κ1) is 25.1. The second kappa shape index (κ2) is 15.9. The van der Waals surface area contributed by atoms with Gasteiger partial charge in [0.25, 0.3) is 0 Å². The Balaban J connectivity index is 0.000000290. The molecule has 2 aliphatic rings. The minimum absolute atomic E-state index is 0. The Bertz CT molecular complexity index is 655. The number of hydrogen-bond donors (Lipinski definition) is 1. The van der Waals surface area contributed by atoms with Gasteiger partial charge in [-0.25, -0.2) is 0 Å². The number of phenolic OH excluding ortho intramolecular Hbond substituents is 1. The minimum atomic E-state index is 0. The monoisotopic (exact) mass is 509 g/mol. The molecular formula is C24H23NO2Sm. The van der Waals surface area contributed by atoms with Gasteiger partial charge >= 0.3 is 0 Å². The van der Waals surface area contributed by atoms with E-state index in [9.17, 15) is 5.11 Å². The number of para-hydroxylation sites is 3. The number of ether oxygens (including phenoxy) is 1. The fourth-order valence-corrected chi connectivity index (χ4v) is 2.11. The summed E-state index contributed by atoms with van der Waals surface area (Å²) in [4.78, 5) is 4.30. The number of aromatic hydroxyl groups is 1. The number of nitrogens with zero attached hydrogens (tertiary/aromatic N) is 1. The average Bonchev–Trinajstić information content (AvgIpc) is 3.46. The first-order valence-corrected chi connectivity index (χ1v) is 8.59. The van der Waals surface area contributed by atoms with Crippen LogP contribution in [0, 0.1) is 105 Å². The molecule has 0 aliphatic heterocycles. The number of hydrogen-bond acceptors (Lipinski definition) is 3. The van der Waals surface area contributed by atoms with Crippen LogP contribution in [0.4, 0.5) is 5.69 Å². The molecule has 2 aromatic carbocycles. The van der Waals surface area contributed by atoms with Gasteiger partial charge in [0.15, 0.2) is 0 Å². The van der Waals surface area contributed by atoms with Gasteiger partial charge in [0, 0.05) is 52.2 Å². The number of rotatable bonds is 3. The molecular weight excluding hydrogens is 485 g/mol. The van der Waals surface area contributed by atoms with E-state index in [-0.39, 0.29) is 46.1 Å². The molecule has 2 saturated carbocycles. The van der Waals surface area contributed by atoms with Crippen LogP contribution in [0.25, 0.3) is 0 Å². The molecule has 0 spiro atoms. The van der Waals surface area contributed by atoms with Crippen LogP contribution >= 0.6 is 0 Å². The topological polar surface area (TPSA) is 41.8 Å². The molecule has 0 heterocycles. The van der Waals surface area contributed by atoms with Crippen molar-refractivity contribution in [1.82, 2.24) is 0 Å². The van der Waals surface area contributed by atoms with Gasteiger partial charge in [-0.3, -0.25) is 4.99 Å². The van der Waals surface area contributed by atoms with Gasteiger partial charge in [-0.05, 0) is 88.5 Å². The Morgan fingerprint density at radius 1 is 0.714 bits per heavy atom. The molecule has 142 valence electrons. The summed E-state index contributed by atoms with van der Waals surface area (Å²) >= 11 is 0. The molecule has 2 aromatic rings. The van der Waals surface area contributed by atoms with Gasteiger partial charge in [0.1, 0.15) is 17.2 Å². The van der Waals surface area contributed by atoms with E-state index in [0.717, 1.165) is 5.69 Å². The van der Waals surface area contributed by atoms with Gasteiger partial charge in [-0.1, -0.05) is 24.3 Å². The third kappa shape index (κ3) is 10.0. The summed E-state index contributed by atoms with van der Waals surface area (Å²) in [6.45, 7) is 0. The molecule has 0 amide bonds. The van der Waals surface area contributed by atoms with Gasteiger partial charge < -0.3 is 9.84 Å². The summed E-state index contributed by atoms with van der Waals surface area (Å²) < 4.78 is 5.19. The minimum Gasteiger partial charge on any atom is -0.507 e. The van der Waals surface area contributed by atoms with E-state index in [0.29, 0.717) is 11.3 Å². The molecule has 0 aromatic heterocycles. The third-order valence-electron chi connectivity index (χ3n) is 3.48. The van der Waals surface area contributed by atoms with Crippen molar-refractivity contribution in [2.24, 2.45) is 4.99 Å². The van der Waals surface area contributed by atoms with E-state index in [1.165, 1.54) is 0 Å². The summed E-state index contributed by atoms with van der Waals surface area (Å²) in [5, 5.41) is 9.59. The van der Waals surface area contributed by atoms with Gasteiger partial charge in [-0.15, -0.1) is 0 Å². The first-order valence-electron chi connectivity index (χ1n) is 8.59. The average molecular weight is 508 g/mol. The summed E-state index contributed by atoms with van der Waals surface area (Å²) in [7, 11) is 1.61. The van der Waals surface area contributed by atoms with Crippen LogP contribution in [0.5, 0.6) is 11.5 Å². The molecule has 4 heteroatoms. The Morgan fingerprint density at radius 2 is 1.18 bits per heavy atom. The van der Waals surface area contributed by atoms with Crippen molar-refractivity contribution in [3.8, 4) is 11.5 Å². The first-order chi connectivity index (χ1) is 13.3. The number of phenols is 1. The third-order valence-corrected chi connectivity index (χ3v) is 3.48. The Morgan fingerprint density at radius 3 is 1.68 bits per heavy atom. The van der Waals surface area contributed by atoms with Crippen molar-refractivity contribution in [3.05, 3.63) is 118 Å². The summed E-state index contributed by atoms with van der Waals surface area (Å²) in [6, 6.07) is 14.5. The second-order valence-corrected chi connectivity index (χ2v) is 5.41. The van der Waals surface area contributed by atoms with Gasteiger partial charge in [-0.2, -0.15) is 0 Å². The van der Waals surface area contributed by atoms with Crippen LogP contribution in [0.1, 0.15) is 5.56 Å². The largest absolute Gasteiger partial charge is 0.507 e. The number of aliphatic imine (C=N–C) groups is 1. The van der Waals surface area contributed by atoms with Gasteiger partial charge in [0.05, 0.1) is 7.11 Å². The van der Waals surface area contributed by atoms with E-state index >= 15 is 0 Å². The van der Waals surface area contributed by atoms with Gasteiger partial charge in [0.2, 0.25) is 0 Å². The normalized spacial score (nSPS) is 15.0. The molecule has 0 atom stereocenters. The molecule has 2 aliphatic carbocycles. The second-order valence-electron chi connectivity index (χ2n) is 5.41. The molecule has 10 radical (unpaired) electrons. The Labute approximate surface area is 202 Å². The molecule has 0 bridgehead atoms. The maximum Gasteiger partial charge on any atom is 0.144 e. The van der Waals surface area contributed by atoms with E-state index in [1.54, 1.807) is 31.5 Å². The molecule has 0 saturated heterocycles. The number of methoxy groups -OCH3 is 1. The van der Waals surface area contributed by atoms with Crippen LogP contribution < -0.4 is 4.74 Å². The van der Waals surface area contributed by atoms with Crippen LogP contribution in [-0.2, 0) is 0 Å². The molecule has 0 unspecified atom stereocenters. The maximum absolute atomic E-state index is 9.59. The van der Waals surface area contributed by atoms with Crippen molar-refractivity contribution in [3.63, 3.8) is 0 Å². The molecule has 3 nitrogen and oxygen atoms in total. The quantitative estimate of drug-likeness (QED) is 0.581. The van der Waals surface area contributed by atoms with Crippen molar-refractivity contribution >= 4 is 11.9 Å². The van der Waals surface area contributed by atoms with Crippen LogP contribution in [0.2, 0.25) is 0 Å².